The van der Waals surface area contributed by atoms with Crippen LogP contribution in [-0.2, 0) is 0 Å². The number of halogens is 1. The number of carbonyl (C=O) groups is 2. The molecule has 9 aromatic rings. The first-order valence-electron chi connectivity index (χ1n) is 18.0. The van der Waals surface area contributed by atoms with E-state index in [1.807, 2.05) is 19.1 Å². The summed E-state index contributed by atoms with van der Waals surface area (Å²) in [7, 11) is 0. The summed E-state index contributed by atoms with van der Waals surface area (Å²) >= 11 is 1.36. The van der Waals surface area contributed by atoms with E-state index < -0.39 is 0 Å². The zero-order valence-electron chi connectivity index (χ0n) is 30.2. The van der Waals surface area contributed by atoms with Gasteiger partial charge in [-0.25, -0.2) is 4.39 Å². The second kappa shape index (κ2) is 17.5. The molecule has 4 heteroatoms. The van der Waals surface area contributed by atoms with Crippen molar-refractivity contribution in [2.45, 2.75) is 16.7 Å². The van der Waals surface area contributed by atoms with E-state index in [0.717, 1.165) is 10.5 Å². The van der Waals surface area contributed by atoms with E-state index in [-0.39, 0.29) is 17.4 Å². The van der Waals surface area contributed by atoms with Gasteiger partial charge < -0.3 is 0 Å². The monoisotopic (exact) mass is 732 g/mol. The molecule has 266 valence electrons. The van der Waals surface area contributed by atoms with Gasteiger partial charge in [0.25, 0.3) is 0 Å². The molecule has 0 fully saturated rings. The Balaban J connectivity index is 0.000000127. The molecule has 0 N–H and O–H groups in total. The Labute approximate surface area is 324 Å². The molecule has 0 radical (unpaired) electrons. The van der Waals surface area contributed by atoms with Gasteiger partial charge in [0.1, 0.15) is 5.82 Å². The first-order chi connectivity index (χ1) is 27.0. The molecule has 0 unspecified atom stereocenters. The summed E-state index contributed by atoms with van der Waals surface area (Å²) in [6.45, 7) is 1.84. The topological polar surface area (TPSA) is 34.1 Å². The molecule has 1 aliphatic rings. The predicted octanol–water partition coefficient (Wildman–Crippen LogP) is 13.6. The van der Waals surface area contributed by atoms with Crippen LogP contribution in [-0.4, -0.2) is 11.6 Å². The van der Waals surface area contributed by atoms with Crippen LogP contribution in [0.25, 0.3) is 32.3 Å². The van der Waals surface area contributed by atoms with Gasteiger partial charge >= 0.3 is 0 Å². The first-order valence-corrected chi connectivity index (χ1v) is 18.8. The van der Waals surface area contributed by atoms with Crippen LogP contribution in [0.1, 0.15) is 37.4 Å². The molecule has 55 heavy (non-hydrogen) atoms. The number of hydrogen-bond donors (Lipinski definition) is 0. The lowest BCUT2D eigenvalue weighted by atomic mass is 9.82. The van der Waals surface area contributed by atoms with Crippen LogP contribution in [0.3, 0.4) is 0 Å². The molecular formula is C51H37FO2S. The molecule has 0 aromatic heterocycles. The van der Waals surface area contributed by atoms with E-state index in [2.05, 4.69) is 146 Å². The largest absolute Gasteiger partial charge is 0.289 e. The van der Waals surface area contributed by atoms with Gasteiger partial charge in [-0.2, -0.15) is 0 Å². The molecule has 0 amide bonds. The number of carbonyl (C=O) groups excluding carboxylic acids is 2. The van der Waals surface area contributed by atoms with Gasteiger partial charge in [-0.3, -0.25) is 9.59 Å². The van der Waals surface area contributed by atoms with Crippen molar-refractivity contribution in [2.75, 3.05) is 0 Å². The Morgan fingerprint density at radius 2 is 0.691 bits per heavy atom. The summed E-state index contributed by atoms with van der Waals surface area (Å²) in [6.07, 6.45) is 0. The highest BCUT2D eigenvalue weighted by Crippen LogP contribution is 2.38. The molecule has 0 saturated heterocycles. The highest BCUT2D eigenvalue weighted by atomic mass is 32.2. The lowest BCUT2D eigenvalue weighted by Gasteiger charge is -2.21. The highest BCUT2D eigenvalue weighted by Gasteiger charge is 2.32. The summed E-state index contributed by atoms with van der Waals surface area (Å²) in [5.74, 6) is -0.571. The molecule has 0 heterocycles. The lowest BCUT2D eigenvalue weighted by molar-refractivity contribution is 0.0976. The van der Waals surface area contributed by atoms with E-state index in [1.54, 1.807) is 36.4 Å². The number of hydrogen-bond acceptors (Lipinski definition) is 3. The van der Waals surface area contributed by atoms with Crippen LogP contribution < -0.4 is 0 Å². The van der Waals surface area contributed by atoms with Crippen molar-refractivity contribution in [3.05, 3.63) is 240 Å². The van der Waals surface area contributed by atoms with Gasteiger partial charge in [0.05, 0.1) is 0 Å². The Bertz CT molecular complexity index is 2390. The fraction of sp³-hybridized carbons (Fsp3) is 0.0196. The van der Waals surface area contributed by atoms with E-state index in [0.29, 0.717) is 27.1 Å². The number of benzene rings is 9. The summed E-state index contributed by atoms with van der Waals surface area (Å²) in [5.41, 5.74) is 2.60. The third-order valence-corrected chi connectivity index (χ3v) is 10.3. The maximum atomic E-state index is 13.1. The third kappa shape index (κ3) is 8.79. The van der Waals surface area contributed by atoms with E-state index >= 15 is 0 Å². The minimum absolute atomic E-state index is 0.121. The van der Waals surface area contributed by atoms with E-state index in [1.165, 1.54) is 56.2 Å². The molecule has 0 spiro atoms. The Hall–Kier alpha value is -6.62. The van der Waals surface area contributed by atoms with Crippen LogP contribution in [0.2, 0.25) is 0 Å². The van der Waals surface area contributed by atoms with Crippen molar-refractivity contribution in [1.82, 2.24) is 0 Å². The Kier molecular flexibility index (Phi) is 11.7. The van der Waals surface area contributed by atoms with E-state index in [9.17, 15) is 14.0 Å². The van der Waals surface area contributed by atoms with Crippen molar-refractivity contribution >= 4 is 55.6 Å². The molecule has 0 aliphatic heterocycles. The zero-order valence-corrected chi connectivity index (χ0v) is 31.0. The minimum atomic E-state index is -0.310. The SMILES string of the molecule is Cc1cccc2c1C(=O)c1cccc(Sc3ccc(F)cc3)c1C2=O.c1ccc2ccccc2c1.c1ccc2ccccc2c1.c1ccc2ccccc2c1. The van der Waals surface area contributed by atoms with Crippen LogP contribution in [0.5, 0.6) is 0 Å². The van der Waals surface area contributed by atoms with Crippen LogP contribution in [0.4, 0.5) is 4.39 Å². The number of ketones is 2. The molecule has 0 atom stereocenters. The average molecular weight is 733 g/mol. The second-order valence-electron chi connectivity index (χ2n) is 12.9. The molecule has 9 aromatic carbocycles. The predicted molar refractivity (Wildman–Crippen MR) is 227 cm³/mol. The fourth-order valence-corrected chi connectivity index (χ4v) is 7.47. The maximum Gasteiger partial charge on any atom is 0.195 e. The summed E-state index contributed by atoms with van der Waals surface area (Å²) < 4.78 is 13.1. The Morgan fingerprint density at radius 3 is 1.07 bits per heavy atom. The summed E-state index contributed by atoms with van der Waals surface area (Å²) in [5, 5.41) is 7.86. The quantitative estimate of drug-likeness (QED) is 0.177. The van der Waals surface area contributed by atoms with Gasteiger partial charge in [-0.1, -0.05) is 188 Å². The smallest absolute Gasteiger partial charge is 0.195 e. The molecule has 2 nitrogen and oxygen atoms in total. The standard InChI is InChI=1S/C21H13FO2S.3C10H8/c1-12-4-2-5-15-18(12)20(23)16-6-3-7-17(19(16)21(15)24)25-14-10-8-13(22)9-11-14;3*1-2-6-10-8-4-3-7-9(10)5-1/h2-11H,1H3;3*1-8H. The van der Waals surface area contributed by atoms with Crippen LogP contribution >= 0.6 is 11.8 Å². The lowest BCUT2D eigenvalue weighted by Crippen LogP contribution is -2.22. The van der Waals surface area contributed by atoms with Crippen molar-refractivity contribution in [3.8, 4) is 0 Å². The van der Waals surface area contributed by atoms with Gasteiger partial charge in [0.15, 0.2) is 11.6 Å². The zero-order chi connectivity index (χ0) is 38.0. The highest BCUT2D eigenvalue weighted by molar-refractivity contribution is 7.99. The van der Waals surface area contributed by atoms with E-state index in [4.69, 9.17) is 0 Å². The summed E-state index contributed by atoms with van der Waals surface area (Å²) in [6, 6.07) is 66.8. The van der Waals surface area contributed by atoms with Crippen molar-refractivity contribution in [2.24, 2.45) is 0 Å². The molecule has 10 rings (SSSR count). The second-order valence-corrected chi connectivity index (χ2v) is 14.0. The first kappa shape index (κ1) is 36.7. The van der Waals surface area contributed by atoms with Gasteiger partial charge in [-0.15, -0.1) is 0 Å². The van der Waals surface area contributed by atoms with Crippen LogP contribution in [0, 0.1) is 12.7 Å². The van der Waals surface area contributed by atoms with Crippen molar-refractivity contribution in [1.29, 1.82) is 0 Å². The normalized spacial score (nSPS) is 11.2. The third-order valence-electron chi connectivity index (χ3n) is 9.26. The molecule has 0 bridgehead atoms. The van der Waals surface area contributed by atoms with Gasteiger partial charge in [0.2, 0.25) is 0 Å². The molecule has 0 saturated carbocycles. The van der Waals surface area contributed by atoms with Gasteiger partial charge in [0, 0.05) is 32.0 Å². The minimum Gasteiger partial charge on any atom is -0.289 e. The number of aryl methyl sites for hydroxylation is 1. The molecular weight excluding hydrogens is 696 g/mol. The van der Waals surface area contributed by atoms with Crippen LogP contribution in [0.15, 0.2) is 216 Å². The Morgan fingerprint density at radius 1 is 0.364 bits per heavy atom. The average Bonchev–Trinajstić information content (AvgIpc) is 3.24. The summed E-state index contributed by atoms with van der Waals surface area (Å²) in [4.78, 5) is 27.5. The van der Waals surface area contributed by atoms with Gasteiger partial charge in [-0.05, 0) is 75.1 Å². The number of fused-ring (bicyclic) bond motifs is 5. The number of rotatable bonds is 2. The van der Waals surface area contributed by atoms with Crippen molar-refractivity contribution < 1.29 is 14.0 Å². The van der Waals surface area contributed by atoms with Crippen molar-refractivity contribution in [3.63, 3.8) is 0 Å². The molecule has 1 aliphatic carbocycles. The maximum absolute atomic E-state index is 13.1. The fourth-order valence-electron chi connectivity index (χ4n) is 6.50.